The van der Waals surface area contributed by atoms with Gasteiger partial charge in [-0.3, -0.25) is 0 Å². The fourth-order valence-electron chi connectivity index (χ4n) is 2.45. The molecule has 18 heavy (non-hydrogen) atoms. The zero-order valence-electron chi connectivity index (χ0n) is 9.94. The summed E-state index contributed by atoms with van der Waals surface area (Å²) in [6.45, 7) is 0. The summed E-state index contributed by atoms with van der Waals surface area (Å²) in [4.78, 5) is 8.63. The minimum absolute atomic E-state index is 0.343. The molecule has 3 nitrogen and oxygen atoms in total. The van der Waals surface area contributed by atoms with Gasteiger partial charge in [-0.15, -0.1) is 0 Å². The van der Waals surface area contributed by atoms with Crippen molar-refractivity contribution in [2.75, 3.05) is 5.32 Å². The quantitative estimate of drug-likeness (QED) is 0.841. The summed E-state index contributed by atoms with van der Waals surface area (Å²) in [6.07, 6.45) is 7.22. The number of rotatable bonds is 2. The lowest BCUT2D eigenvalue weighted by Gasteiger charge is -2.26. The Morgan fingerprint density at radius 3 is 2.78 bits per heavy atom. The van der Waals surface area contributed by atoms with E-state index >= 15 is 0 Å². The van der Waals surface area contributed by atoms with Gasteiger partial charge in [-0.1, -0.05) is 24.3 Å². The summed E-state index contributed by atoms with van der Waals surface area (Å²) >= 11 is 2.21. The van der Waals surface area contributed by atoms with Gasteiger partial charge in [-0.05, 0) is 53.0 Å². The highest BCUT2D eigenvalue weighted by Crippen LogP contribution is 2.31. The van der Waals surface area contributed by atoms with E-state index in [9.17, 15) is 0 Å². The van der Waals surface area contributed by atoms with Crippen molar-refractivity contribution >= 4 is 28.5 Å². The number of benzene rings is 1. The molecule has 0 bridgehead atoms. The first-order valence-corrected chi connectivity index (χ1v) is 7.23. The van der Waals surface area contributed by atoms with Crippen LogP contribution < -0.4 is 5.32 Å². The Morgan fingerprint density at radius 1 is 1.17 bits per heavy atom. The molecule has 1 aromatic heterocycles. The average molecular weight is 351 g/mol. The third-order valence-electron chi connectivity index (χ3n) is 3.29. The van der Waals surface area contributed by atoms with E-state index in [0.717, 1.165) is 15.9 Å². The lowest BCUT2D eigenvalue weighted by atomic mass is 9.88. The second-order valence-corrected chi connectivity index (χ2v) is 5.76. The van der Waals surface area contributed by atoms with Crippen molar-refractivity contribution in [1.82, 2.24) is 9.97 Å². The van der Waals surface area contributed by atoms with Crippen molar-refractivity contribution in [3.63, 3.8) is 0 Å². The number of nitrogens with one attached hydrogen (secondary N) is 1. The van der Waals surface area contributed by atoms with Gasteiger partial charge in [0.1, 0.15) is 0 Å². The van der Waals surface area contributed by atoms with E-state index in [1.807, 2.05) is 12.4 Å². The first-order chi connectivity index (χ1) is 8.83. The van der Waals surface area contributed by atoms with Crippen molar-refractivity contribution in [3.8, 4) is 0 Å². The monoisotopic (exact) mass is 351 g/mol. The molecule has 0 radical (unpaired) electrons. The fourth-order valence-corrected chi connectivity index (χ4v) is 2.73. The van der Waals surface area contributed by atoms with Crippen LogP contribution in [0.2, 0.25) is 0 Å². The smallest absolute Gasteiger partial charge is 0.223 e. The number of hydrogen-bond donors (Lipinski definition) is 1. The van der Waals surface area contributed by atoms with Gasteiger partial charge in [-0.25, -0.2) is 9.97 Å². The highest BCUT2D eigenvalue weighted by Gasteiger charge is 2.19. The largest absolute Gasteiger partial charge is 0.347 e. The molecular formula is C14H14IN3. The molecule has 1 unspecified atom stereocenters. The minimum Gasteiger partial charge on any atom is -0.347 e. The molecule has 0 spiro atoms. The number of fused-ring (bicyclic) bond motifs is 1. The number of anilines is 1. The summed E-state index contributed by atoms with van der Waals surface area (Å²) in [7, 11) is 0. The van der Waals surface area contributed by atoms with E-state index in [0.29, 0.717) is 6.04 Å². The maximum atomic E-state index is 4.32. The van der Waals surface area contributed by atoms with E-state index in [-0.39, 0.29) is 0 Å². The summed E-state index contributed by atoms with van der Waals surface area (Å²) in [6, 6.07) is 8.99. The fraction of sp³-hybridized carbons (Fsp3) is 0.286. The number of nitrogens with zero attached hydrogens (tertiary/aromatic N) is 2. The van der Waals surface area contributed by atoms with Crippen LogP contribution >= 0.6 is 22.6 Å². The van der Waals surface area contributed by atoms with Gasteiger partial charge in [-0.2, -0.15) is 0 Å². The van der Waals surface area contributed by atoms with Crippen molar-refractivity contribution in [2.45, 2.75) is 25.3 Å². The van der Waals surface area contributed by atoms with Gasteiger partial charge in [0.05, 0.1) is 6.04 Å². The molecular weight excluding hydrogens is 337 g/mol. The highest BCUT2D eigenvalue weighted by molar-refractivity contribution is 14.1. The second kappa shape index (κ2) is 5.22. The van der Waals surface area contributed by atoms with Crippen molar-refractivity contribution in [2.24, 2.45) is 0 Å². The maximum Gasteiger partial charge on any atom is 0.223 e. The first kappa shape index (κ1) is 11.9. The third kappa shape index (κ3) is 2.48. The van der Waals surface area contributed by atoms with Crippen LogP contribution in [0.4, 0.5) is 5.95 Å². The molecule has 1 aromatic carbocycles. The van der Waals surface area contributed by atoms with Gasteiger partial charge >= 0.3 is 0 Å². The van der Waals surface area contributed by atoms with Crippen LogP contribution in [-0.2, 0) is 6.42 Å². The zero-order chi connectivity index (χ0) is 12.4. The average Bonchev–Trinajstić information content (AvgIpc) is 2.42. The second-order valence-electron chi connectivity index (χ2n) is 4.51. The molecule has 1 aliphatic carbocycles. The Morgan fingerprint density at radius 2 is 1.94 bits per heavy atom. The predicted molar refractivity (Wildman–Crippen MR) is 80.5 cm³/mol. The lowest BCUT2D eigenvalue weighted by Crippen LogP contribution is -2.18. The summed E-state index contributed by atoms with van der Waals surface area (Å²) in [5.74, 6) is 0.720. The summed E-state index contributed by atoms with van der Waals surface area (Å²) in [5.41, 5.74) is 2.85. The molecule has 0 aliphatic heterocycles. The van der Waals surface area contributed by atoms with E-state index < -0.39 is 0 Å². The molecule has 2 aromatic rings. The highest BCUT2D eigenvalue weighted by atomic mass is 127. The van der Waals surface area contributed by atoms with Crippen LogP contribution in [0.5, 0.6) is 0 Å². The molecule has 1 N–H and O–H groups in total. The molecule has 0 saturated carbocycles. The minimum atomic E-state index is 0.343. The Kier molecular flexibility index (Phi) is 3.45. The maximum absolute atomic E-state index is 4.32. The SMILES string of the molecule is Ic1cnc(NC2CCCc3ccccc32)nc1. The number of aryl methyl sites for hydroxylation is 1. The van der Waals surface area contributed by atoms with Crippen molar-refractivity contribution < 1.29 is 0 Å². The number of hydrogen-bond acceptors (Lipinski definition) is 3. The molecule has 3 rings (SSSR count). The zero-order valence-corrected chi connectivity index (χ0v) is 12.1. The molecule has 0 saturated heterocycles. The van der Waals surface area contributed by atoms with Crippen molar-refractivity contribution in [1.29, 1.82) is 0 Å². The Labute approximate surface area is 120 Å². The van der Waals surface area contributed by atoms with Gasteiger partial charge in [0.2, 0.25) is 5.95 Å². The third-order valence-corrected chi connectivity index (χ3v) is 3.85. The molecule has 1 atom stereocenters. The van der Waals surface area contributed by atoms with Crippen LogP contribution in [0, 0.1) is 3.57 Å². The van der Waals surface area contributed by atoms with Crippen LogP contribution in [0.3, 0.4) is 0 Å². The normalized spacial score (nSPS) is 18.2. The van der Waals surface area contributed by atoms with Gasteiger partial charge < -0.3 is 5.32 Å². The molecule has 0 fully saturated rings. The van der Waals surface area contributed by atoms with Crippen LogP contribution in [0.15, 0.2) is 36.7 Å². The topological polar surface area (TPSA) is 37.8 Å². The van der Waals surface area contributed by atoms with E-state index in [1.54, 1.807) is 0 Å². The van der Waals surface area contributed by atoms with Gasteiger partial charge in [0.25, 0.3) is 0 Å². The van der Waals surface area contributed by atoms with Crippen LogP contribution in [0.25, 0.3) is 0 Å². The van der Waals surface area contributed by atoms with E-state index in [1.165, 1.54) is 24.0 Å². The molecule has 92 valence electrons. The Hall–Kier alpha value is -1.17. The molecule has 1 aliphatic rings. The van der Waals surface area contributed by atoms with Gasteiger partial charge in [0.15, 0.2) is 0 Å². The molecule has 4 heteroatoms. The summed E-state index contributed by atoms with van der Waals surface area (Å²) < 4.78 is 1.06. The number of aromatic nitrogens is 2. The number of halogens is 1. The molecule has 1 heterocycles. The Balaban J connectivity index is 1.84. The lowest BCUT2D eigenvalue weighted by molar-refractivity contribution is 0.596. The standard InChI is InChI=1S/C14H14IN3/c15-11-8-16-14(17-9-11)18-13-7-3-5-10-4-1-2-6-12(10)13/h1-2,4,6,8-9,13H,3,5,7H2,(H,16,17,18). The van der Waals surface area contributed by atoms with Crippen LogP contribution in [-0.4, -0.2) is 9.97 Å². The van der Waals surface area contributed by atoms with E-state index in [2.05, 4.69) is 62.1 Å². The predicted octanol–water partition coefficient (Wildman–Crippen LogP) is 3.57. The first-order valence-electron chi connectivity index (χ1n) is 6.15. The van der Waals surface area contributed by atoms with Crippen molar-refractivity contribution in [3.05, 3.63) is 51.4 Å². The summed E-state index contributed by atoms with van der Waals surface area (Å²) in [5, 5.41) is 3.44. The molecule has 0 amide bonds. The Bertz CT molecular complexity index is 539. The van der Waals surface area contributed by atoms with Crippen LogP contribution in [0.1, 0.15) is 30.0 Å². The van der Waals surface area contributed by atoms with E-state index in [4.69, 9.17) is 0 Å². The van der Waals surface area contributed by atoms with Gasteiger partial charge in [0, 0.05) is 16.0 Å².